The molecule has 3 aliphatic heterocycles. The summed E-state index contributed by atoms with van der Waals surface area (Å²) in [6, 6.07) is 10.9. The van der Waals surface area contributed by atoms with Crippen molar-refractivity contribution in [2.75, 3.05) is 50.1 Å². The molecule has 3 aliphatic rings. The van der Waals surface area contributed by atoms with Crippen LogP contribution in [0, 0.1) is 5.92 Å². The average Bonchev–Trinajstić information content (AvgIpc) is 3.36. The normalized spacial score (nSPS) is 19.4. The molecule has 3 fully saturated rings. The third kappa shape index (κ3) is 6.56. The number of anilines is 2. The number of urea groups is 1. The molecule has 2 aromatic carbocycles. The van der Waals surface area contributed by atoms with E-state index < -0.39 is 6.03 Å². The van der Waals surface area contributed by atoms with Crippen LogP contribution in [0.3, 0.4) is 0 Å². The van der Waals surface area contributed by atoms with E-state index in [0.29, 0.717) is 59.2 Å². The largest absolute Gasteiger partial charge is 0.490 e. The van der Waals surface area contributed by atoms with Crippen LogP contribution >= 0.6 is 23.7 Å². The van der Waals surface area contributed by atoms with E-state index >= 15 is 0 Å². The number of hydrogen-bond acceptors (Lipinski definition) is 7. The van der Waals surface area contributed by atoms with Gasteiger partial charge in [0.25, 0.3) is 5.91 Å². The fourth-order valence-corrected chi connectivity index (χ4v) is 6.36. The number of nitrogens with zero attached hydrogens (tertiary/aromatic N) is 1. The van der Waals surface area contributed by atoms with Gasteiger partial charge >= 0.3 is 6.03 Å². The average molecular weight is 589 g/mol. The molecule has 11 heteroatoms. The van der Waals surface area contributed by atoms with E-state index in [9.17, 15) is 9.59 Å². The van der Waals surface area contributed by atoms with Crippen molar-refractivity contribution >= 4 is 57.1 Å². The highest BCUT2D eigenvalue weighted by molar-refractivity contribution is 7.20. The molecular weight excluding hydrogens is 552 g/mol. The molecule has 0 spiro atoms. The van der Waals surface area contributed by atoms with Crippen LogP contribution in [-0.4, -0.2) is 62.3 Å². The zero-order chi connectivity index (χ0) is 27.4. The number of amides is 3. The standard InChI is InChI=1S/C29H36N4O5S.ClH/c1-4-36-23-10-9-21(26(37-5-2)27(23)38-6-3)32-29(35)30-20-8-7-19-15-25(39-24(19)16-20)28(34)31-22-17-33-13-11-18(22)12-14-33;/h7-10,15-16,18,22H,4-6,11-14,17H2,1-3H3,(H,31,34)(H2,30,32,35);1H/t22-;/m0./s1. The molecule has 3 aromatic rings. The highest BCUT2D eigenvalue weighted by Crippen LogP contribution is 2.43. The Morgan fingerprint density at radius 3 is 2.33 bits per heavy atom. The van der Waals surface area contributed by atoms with Crippen molar-refractivity contribution in [1.29, 1.82) is 0 Å². The van der Waals surface area contributed by atoms with Crippen LogP contribution in [0.25, 0.3) is 10.1 Å². The van der Waals surface area contributed by atoms with Crippen LogP contribution in [0.1, 0.15) is 43.3 Å². The third-order valence-electron chi connectivity index (χ3n) is 7.18. The van der Waals surface area contributed by atoms with Gasteiger partial charge in [0.2, 0.25) is 5.75 Å². The number of carbonyl (C=O) groups excluding carboxylic acids is 2. The number of nitrogens with one attached hydrogen (secondary N) is 3. The molecule has 3 amide bonds. The van der Waals surface area contributed by atoms with Gasteiger partial charge in [0.1, 0.15) is 0 Å². The van der Waals surface area contributed by atoms with Crippen molar-refractivity contribution in [3.05, 3.63) is 41.3 Å². The summed E-state index contributed by atoms with van der Waals surface area (Å²) in [4.78, 5) is 29.1. The molecule has 0 saturated carbocycles. The Kier molecular flexibility index (Phi) is 9.99. The lowest BCUT2D eigenvalue weighted by atomic mass is 9.84. The smallest absolute Gasteiger partial charge is 0.323 e. The van der Waals surface area contributed by atoms with Crippen LogP contribution in [0.5, 0.6) is 17.2 Å². The van der Waals surface area contributed by atoms with Gasteiger partial charge < -0.3 is 35.1 Å². The Bertz CT molecular complexity index is 1340. The number of ether oxygens (including phenoxy) is 3. The predicted octanol–water partition coefficient (Wildman–Crippen LogP) is 5.99. The number of rotatable bonds is 10. The fraction of sp³-hybridized carbons (Fsp3) is 0.448. The number of fused-ring (bicyclic) bond motifs is 4. The first-order valence-corrected chi connectivity index (χ1v) is 14.5. The van der Waals surface area contributed by atoms with Crippen LogP contribution in [0.15, 0.2) is 36.4 Å². The van der Waals surface area contributed by atoms with Crippen LogP contribution in [0.2, 0.25) is 0 Å². The van der Waals surface area contributed by atoms with Gasteiger partial charge in [-0.1, -0.05) is 6.07 Å². The first-order chi connectivity index (χ1) is 19.0. The Labute approximate surface area is 244 Å². The number of benzene rings is 2. The minimum atomic E-state index is -0.418. The summed E-state index contributed by atoms with van der Waals surface area (Å²) in [6.07, 6.45) is 2.31. The molecule has 0 unspecified atom stereocenters. The maximum Gasteiger partial charge on any atom is 0.323 e. The molecule has 1 aromatic heterocycles. The lowest BCUT2D eigenvalue weighted by molar-refractivity contribution is 0.0622. The fourth-order valence-electron chi connectivity index (χ4n) is 5.35. The van der Waals surface area contributed by atoms with E-state index in [-0.39, 0.29) is 24.4 Å². The molecule has 1 atom stereocenters. The van der Waals surface area contributed by atoms with E-state index in [2.05, 4.69) is 20.9 Å². The topological polar surface area (TPSA) is 101 Å². The molecule has 9 nitrogen and oxygen atoms in total. The zero-order valence-electron chi connectivity index (χ0n) is 23.1. The summed E-state index contributed by atoms with van der Waals surface area (Å²) in [6.45, 7) is 10.2. The summed E-state index contributed by atoms with van der Waals surface area (Å²) in [5, 5.41) is 9.99. The maximum atomic E-state index is 13.0. The quantitative estimate of drug-likeness (QED) is 0.269. The molecule has 0 aliphatic carbocycles. The van der Waals surface area contributed by atoms with Crippen LogP contribution in [-0.2, 0) is 0 Å². The van der Waals surface area contributed by atoms with Gasteiger partial charge in [0.05, 0.1) is 30.4 Å². The molecular formula is C29H37ClN4O5S. The zero-order valence-corrected chi connectivity index (χ0v) is 24.7. The molecule has 3 N–H and O–H groups in total. The highest BCUT2D eigenvalue weighted by atomic mass is 35.5. The Morgan fingerprint density at radius 2 is 1.65 bits per heavy atom. The molecule has 6 rings (SSSR count). The van der Waals surface area contributed by atoms with Crippen molar-refractivity contribution < 1.29 is 23.8 Å². The SMILES string of the molecule is CCOc1ccc(NC(=O)Nc2ccc3cc(C(=O)N[C@H]4CN5CCC4CC5)sc3c2)c(OCC)c1OCC.Cl. The number of carbonyl (C=O) groups is 2. The van der Waals surface area contributed by atoms with Crippen molar-refractivity contribution in [3.8, 4) is 17.2 Å². The third-order valence-corrected chi connectivity index (χ3v) is 8.27. The molecule has 2 bridgehead atoms. The number of hydrogen-bond donors (Lipinski definition) is 3. The van der Waals surface area contributed by atoms with Crippen molar-refractivity contribution in [3.63, 3.8) is 0 Å². The second-order valence-corrected chi connectivity index (χ2v) is 10.8. The molecule has 0 radical (unpaired) electrons. The van der Waals surface area contributed by atoms with Gasteiger partial charge in [-0.3, -0.25) is 4.79 Å². The second-order valence-electron chi connectivity index (χ2n) is 9.73. The van der Waals surface area contributed by atoms with Crippen molar-refractivity contribution in [1.82, 2.24) is 10.2 Å². The molecule has 216 valence electrons. The molecule has 40 heavy (non-hydrogen) atoms. The lowest BCUT2D eigenvalue weighted by Gasteiger charge is -2.44. The summed E-state index contributed by atoms with van der Waals surface area (Å²) in [5.41, 5.74) is 1.10. The van der Waals surface area contributed by atoms with Gasteiger partial charge in [-0.15, -0.1) is 23.7 Å². The van der Waals surface area contributed by atoms with E-state index in [0.717, 1.165) is 42.6 Å². The van der Waals surface area contributed by atoms with E-state index in [4.69, 9.17) is 14.2 Å². The van der Waals surface area contributed by atoms with Gasteiger partial charge in [0, 0.05) is 23.0 Å². The maximum absolute atomic E-state index is 13.0. The van der Waals surface area contributed by atoms with E-state index in [1.807, 2.05) is 45.0 Å². The van der Waals surface area contributed by atoms with Gasteiger partial charge in [0.15, 0.2) is 11.5 Å². The van der Waals surface area contributed by atoms with Gasteiger partial charge in [-0.2, -0.15) is 0 Å². The van der Waals surface area contributed by atoms with E-state index in [1.165, 1.54) is 11.3 Å². The summed E-state index contributed by atoms with van der Waals surface area (Å²) < 4.78 is 18.2. The summed E-state index contributed by atoms with van der Waals surface area (Å²) in [7, 11) is 0. The van der Waals surface area contributed by atoms with Crippen LogP contribution in [0.4, 0.5) is 16.2 Å². The first-order valence-electron chi connectivity index (χ1n) is 13.7. The lowest BCUT2D eigenvalue weighted by Crippen LogP contribution is -2.57. The minimum Gasteiger partial charge on any atom is -0.490 e. The summed E-state index contributed by atoms with van der Waals surface area (Å²) >= 11 is 1.43. The van der Waals surface area contributed by atoms with Gasteiger partial charge in [-0.25, -0.2) is 4.79 Å². The van der Waals surface area contributed by atoms with E-state index in [1.54, 1.807) is 12.1 Å². The predicted molar refractivity (Wildman–Crippen MR) is 162 cm³/mol. The monoisotopic (exact) mass is 588 g/mol. The van der Waals surface area contributed by atoms with Crippen LogP contribution < -0.4 is 30.2 Å². The minimum absolute atomic E-state index is 0. The second kappa shape index (κ2) is 13.4. The summed E-state index contributed by atoms with van der Waals surface area (Å²) in [5.74, 6) is 2.00. The Hall–Kier alpha value is -3.21. The number of piperidine rings is 3. The van der Waals surface area contributed by atoms with Crippen molar-refractivity contribution in [2.45, 2.75) is 39.7 Å². The number of thiophene rings is 1. The molecule has 3 saturated heterocycles. The van der Waals surface area contributed by atoms with Gasteiger partial charge in [-0.05, 0) is 88.3 Å². The first kappa shape index (κ1) is 29.8. The Balaban J connectivity index is 0.00000370. The number of halogens is 1. The Morgan fingerprint density at radius 1 is 0.925 bits per heavy atom. The highest BCUT2D eigenvalue weighted by Gasteiger charge is 2.35. The molecule has 4 heterocycles. The van der Waals surface area contributed by atoms with Crippen molar-refractivity contribution in [2.24, 2.45) is 5.92 Å².